The Balaban J connectivity index is 7.00. The fourth-order valence-electron chi connectivity index (χ4n) is 1.73. The van der Waals surface area contributed by atoms with Crippen LogP contribution in [0.4, 0.5) is 79.0 Å². The summed E-state index contributed by atoms with van der Waals surface area (Å²) < 4.78 is 239. The van der Waals surface area contributed by atoms with Gasteiger partial charge in [-0.2, -0.15) is 70.2 Å². The van der Waals surface area contributed by atoms with E-state index in [-0.39, 0.29) is 0 Å². The number of hydrogen-bond acceptors (Lipinski definition) is 0. The summed E-state index contributed by atoms with van der Waals surface area (Å²) in [5, 5.41) is -12.6. The summed E-state index contributed by atoms with van der Waals surface area (Å²) in [4.78, 5) is 0. The second-order valence-corrected chi connectivity index (χ2v) is 7.40. The minimum atomic E-state index is -8.65. The van der Waals surface area contributed by atoms with Gasteiger partial charge in [0.05, 0.1) is 0 Å². The third-order valence-electron chi connectivity index (χ3n) is 4.22. The molecule has 0 saturated carbocycles. The molecule has 0 aromatic carbocycles. The number of hydrogen-bond donors (Lipinski definition) is 0. The fraction of sp³-hybridized carbons (Fsp3) is 1.00. The molecule has 2 unspecified atom stereocenters. The molecule has 0 spiro atoms. The maximum Gasteiger partial charge on any atom is 0.384 e. The molecule has 0 amide bonds. The van der Waals surface area contributed by atoms with Crippen LogP contribution >= 0.6 is 23.2 Å². The molecule has 0 radical (unpaired) electrons. The maximum absolute atomic E-state index is 13.5. The van der Waals surface area contributed by atoms with Gasteiger partial charge in [0.2, 0.25) is 0 Å². The molecule has 0 aliphatic rings. The molecule has 0 N–H and O–H groups in total. The van der Waals surface area contributed by atoms with Crippen LogP contribution in [-0.2, 0) is 0 Å². The van der Waals surface area contributed by atoms with Crippen molar-refractivity contribution in [2.24, 2.45) is 0 Å². The van der Waals surface area contributed by atoms with E-state index in [2.05, 4.69) is 23.2 Å². The third kappa shape index (κ3) is 3.65. The first-order chi connectivity index (χ1) is 13.2. The monoisotopic (exact) mass is 562 g/mol. The van der Waals surface area contributed by atoms with Crippen molar-refractivity contribution in [3.05, 3.63) is 0 Å². The summed E-state index contributed by atoms with van der Waals surface area (Å²) in [5.41, 5.74) is -12.9. The Morgan fingerprint density at radius 1 is 0.312 bits per heavy atom. The molecule has 0 bridgehead atoms. The molecule has 20 heteroatoms. The molecule has 0 rings (SSSR count). The lowest BCUT2D eigenvalue weighted by atomic mass is 9.82. The Morgan fingerprint density at radius 2 is 0.438 bits per heavy atom. The molecular weight excluding hydrogens is 557 g/mol. The normalized spacial score (nSPS) is 20.1. The van der Waals surface area contributed by atoms with Gasteiger partial charge in [0.25, 0.3) is 11.3 Å². The van der Waals surface area contributed by atoms with Gasteiger partial charge in [-0.15, -0.1) is 0 Å². The fourth-order valence-corrected chi connectivity index (χ4v) is 1.97. The van der Waals surface area contributed by atoms with Crippen molar-refractivity contribution in [1.82, 2.24) is 0 Å². The van der Waals surface area contributed by atoms with E-state index in [4.69, 9.17) is 0 Å². The van der Waals surface area contributed by atoms with Gasteiger partial charge in [0.15, 0.2) is 0 Å². The predicted molar refractivity (Wildman–Crippen MR) is 70.3 cm³/mol. The Bertz CT molecular complexity index is 638. The van der Waals surface area contributed by atoms with Crippen LogP contribution in [0.15, 0.2) is 0 Å². The van der Waals surface area contributed by atoms with Gasteiger partial charge in [-0.3, -0.25) is 0 Å². The smallest absolute Gasteiger partial charge is 0.229 e. The summed E-state index contributed by atoms with van der Waals surface area (Å²) in [5.74, 6) is -49.8. The van der Waals surface area contributed by atoms with E-state index in [9.17, 15) is 79.0 Å². The minimum Gasteiger partial charge on any atom is -0.229 e. The highest BCUT2D eigenvalue weighted by Crippen LogP contribution is 2.66. The summed E-state index contributed by atoms with van der Waals surface area (Å²) in [7, 11) is 0. The lowest BCUT2D eigenvalue weighted by Crippen LogP contribution is -2.76. The molecule has 0 saturated heterocycles. The Hall–Kier alpha value is -0.680. The lowest BCUT2D eigenvalue weighted by molar-refractivity contribution is -0.448. The number of halogens is 20. The topological polar surface area (TPSA) is 0 Å². The zero-order valence-corrected chi connectivity index (χ0v) is 16.1. The van der Waals surface area contributed by atoms with Crippen LogP contribution in [-0.4, -0.2) is 57.6 Å². The van der Waals surface area contributed by atoms with E-state index in [1.165, 1.54) is 0 Å². The van der Waals surface area contributed by atoms with E-state index in [0.29, 0.717) is 0 Å². The van der Waals surface area contributed by atoms with E-state index < -0.39 is 71.5 Å². The standard InChI is InChI=1S/C12H6Cl2F18/c1-3(15,11(13,29)30)5(17,18)7(21,22)9(25,26)10(27,28)8(23,24)6(19,20)4(2,16)12(14,31)32/h1-2H3. The van der Waals surface area contributed by atoms with Gasteiger partial charge in [-0.05, 0) is 37.0 Å². The Labute approximate surface area is 174 Å². The van der Waals surface area contributed by atoms with Gasteiger partial charge in [-0.25, -0.2) is 8.78 Å². The zero-order valence-electron chi connectivity index (χ0n) is 14.6. The van der Waals surface area contributed by atoms with Gasteiger partial charge in [-0.1, -0.05) is 0 Å². The summed E-state index contributed by atoms with van der Waals surface area (Å²) >= 11 is 7.36. The van der Waals surface area contributed by atoms with Crippen molar-refractivity contribution >= 4 is 23.2 Å². The SMILES string of the molecule is CC(F)(C(F)(F)Cl)C(F)(F)C(F)(F)C(F)(F)C(F)(F)C(F)(F)C(F)(F)C(C)(F)C(F)(F)Cl. The highest BCUT2D eigenvalue weighted by atomic mass is 35.5. The third-order valence-corrected chi connectivity index (χ3v) is 4.93. The van der Waals surface area contributed by atoms with Crippen LogP contribution < -0.4 is 0 Å². The predicted octanol–water partition coefficient (Wildman–Crippen LogP) is 7.92. The second-order valence-electron chi connectivity index (χ2n) is 6.45. The summed E-state index contributed by atoms with van der Waals surface area (Å²) in [6.45, 7) is -2.75. The van der Waals surface area contributed by atoms with E-state index in [1.54, 1.807) is 0 Å². The van der Waals surface area contributed by atoms with Crippen molar-refractivity contribution in [3.63, 3.8) is 0 Å². The molecule has 0 aromatic heterocycles. The van der Waals surface area contributed by atoms with Gasteiger partial charge in [0.1, 0.15) is 0 Å². The van der Waals surface area contributed by atoms with E-state index in [0.717, 1.165) is 0 Å². The van der Waals surface area contributed by atoms with Crippen LogP contribution in [0.3, 0.4) is 0 Å². The van der Waals surface area contributed by atoms with Crippen molar-refractivity contribution in [2.75, 3.05) is 0 Å². The average Bonchev–Trinajstić information content (AvgIpc) is 2.51. The maximum atomic E-state index is 13.5. The van der Waals surface area contributed by atoms with Crippen LogP contribution in [0.1, 0.15) is 13.8 Å². The van der Waals surface area contributed by atoms with Crippen LogP contribution in [0, 0.1) is 0 Å². The average molecular weight is 563 g/mol. The van der Waals surface area contributed by atoms with Crippen molar-refractivity contribution in [1.29, 1.82) is 0 Å². The zero-order chi connectivity index (χ0) is 27.0. The summed E-state index contributed by atoms with van der Waals surface area (Å²) in [6, 6.07) is 0. The van der Waals surface area contributed by atoms with E-state index >= 15 is 0 Å². The van der Waals surface area contributed by atoms with Gasteiger partial charge in [0, 0.05) is 0 Å². The second kappa shape index (κ2) is 7.41. The molecule has 0 fully saturated rings. The molecular formula is C12H6Cl2F18. The summed E-state index contributed by atoms with van der Waals surface area (Å²) in [6.07, 6.45) is 0. The first-order valence-corrected chi connectivity index (χ1v) is 7.79. The molecule has 32 heavy (non-hydrogen) atoms. The molecule has 0 aliphatic heterocycles. The van der Waals surface area contributed by atoms with Gasteiger partial charge < -0.3 is 0 Å². The first kappa shape index (κ1) is 31.3. The molecule has 0 heterocycles. The van der Waals surface area contributed by atoms with Gasteiger partial charge >= 0.3 is 46.3 Å². The molecule has 0 aliphatic carbocycles. The Morgan fingerprint density at radius 3 is 0.562 bits per heavy atom. The molecule has 0 aromatic rings. The molecule has 2 atom stereocenters. The quantitative estimate of drug-likeness (QED) is 0.198. The van der Waals surface area contributed by atoms with Crippen molar-refractivity contribution in [2.45, 2.75) is 71.5 Å². The van der Waals surface area contributed by atoms with E-state index in [1.807, 2.05) is 0 Å². The number of alkyl halides is 20. The molecule has 0 nitrogen and oxygen atoms in total. The van der Waals surface area contributed by atoms with Crippen LogP contribution in [0.25, 0.3) is 0 Å². The Kier molecular flexibility index (Phi) is 7.25. The molecule has 194 valence electrons. The first-order valence-electron chi connectivity index (χ1n) is 7.03. The van der Waals surface area contributed by atoms with Crippen molar-refractivity contribution in [3.8, 4) is 0 Å². The lowest BCUT2D eigenvalue weighted by Gasteiger charge is -2.46. The van der Waals surface area contributed by atoms with Crippen LogP contribution in [0.5, 0.6) is 0 Å². The van der Waals surface area contributed by atoms with Crippen LogP contribution in [0.2, 0.25) is 0 Å². The number of rotatable bonds is 9. The highest BCUT2D eigenvalue weighted by molar-refractivity contribution is 6.22. The largest absolute Gasteiger partial charge is 0.384 e. The van der Waals surface area contributed by atoms with Crippen molar-refractivity contribution < 1.29 is 79.0 Å². The highest BCUT2D eigenvalue weighted by Gasteiger charge is 2.95. The minimum absolute atomic E-state index is 1.37.